The standard InChI is InChI=1S/C28H33FN6O3S2/c1-17(2)13-23-24(18-5-6-22(21(29)15-18)38-11-10-37-4)34-28(40-23)35-25-20(26(36)31-8-7-30-3)14-19(16-33-25)27-32-9-12-39-27/h5-6,9,12,14-17,30H,7-8,10-11,13H2,1-4H3,(H,31,36)(H,33,34,35). The Balaban J connectivity index is 1.66. The van der Waals surface area contributed by atoms with Crippen molar-refractivity contribution in [3.05, 3.63) is 58.3 Å². The Morgan fingerprint density at radius 2 is 1.98 bits per heavy atom. The summed E-state index contributed by atoms with van der Waals surface area (Å²) in [7, 11) is 3.39. The first-order chi connectivity index (χ1) is 19.4. The van der Waals surface area contributed by atoms with E-state index in [-0.39, 0.29) is 18.3 Å². The van der Waals surface area contributed by atoms with E-state index in [0.29, 0.717) is 53.4 Å². The van der Waals surface area contributed by atoms with Gasteiger partial charge in [-0.15, -0.1) is 22.7 Å². The van der Waals surface area contributed by atoms with Crippen LogP contribution in [0.15, 0.2) is 42.0 Å². The molecule has 3 N–H and O–H groups in total. The molecule has 0 spiro atoms. The summed E-state index contributed by atoms with van der Waals surface area (Å²) in [6.07, 6.45) is 4.16. The zero-order valence-electron chi connectivity index (χ0n) is 22.9. The number of ether oxygens (including phenoxy) is 2. The van der Waals surface area contributed by atoms with Crippen LogP contribution in [0, 0.1) is 11.7 Å². The fraction of sp³-hybridized carbons (Fsp3) is 0.357. The molecule has 4 rings (SSSR count). The van der Waals surface area contributed by atoms with Gasteiger partial charge in [0.25, 0.3) is 5.91 Å². The van der Waals surface area contributed by atoms with Crippen molar-refractivity contribution >= 4 is 39.5 Å². The average molecular weight is 585 g/mol. The number of carbonyl (C=O) groups is 1. The van der Waals surface area contributed by atoms with E-state index in [2.05, 4.69) is 39.8 Å². The van der Waals surface area contributed by atoms with Gasteiger partial charge in [-0.25, -0.2) is 19.3 Å². The number of thiazole rings is 2. The van der Waals surface area contributed by atoms with Crippen molar-refractivity contribution in [1.82, 2.24) is 25.6 Å². The largest absolute Gasteiger partial charge is 0.488 e. The molecule has 1 aromatic carbocycles. The Morgan fingerprint density at radius 1 is 1.12 bits per heavy atom. The number of hydrogen-bond donors (Lipinski definition) is 3. The molecule has 0 bridgehead atoms. The van der Waals surface area contributed by atoms with Gasteiger partial charge in [0.1, 0.15) is 17.4 Å². The first-order valence-electron chi connectivity index (χ1n) is 12.9. The smallest absolute Gasteiger partial charge is 0.255 e. The molecule has 9 nitrogen and oxygen atoms in total. The molecule has 0 aliphatic heterocycles. The van der Waals surface area contributed by atoms with Crippen molar-refractivity contribution in [2.45, 2.75) is 20.3 Å². The highest BCUT2D eigenvalue weighted by Gasteiger charge is 2.20. The summed E-state index contributed by atoms with van der Waals surface area (Å²) in [6.45, 7) is 5.97. The van der Waals surface area contributed by atoms with Crippen LogP contribution in [0.4, 0.5) is 15.3 Å². The monoisotopic (exact) mass is 584 g/mol. The molecule has 0 saturated carbocycles. The molecule has 3 aromatic heterocycles. The topological polar surface area (TPSA) is 110 Å². The van der Waals surface area contributed by atoms with E-state index >= 15 is 0 Å². The zero-order valence-corrected chi connectivity index (χ0v) is 24.5. The highest BCUT2D eigenvalue weighted by Crippen LogP contribution is 2.36. The minimum atomic E-state index is -0.466. The third-order valence-electron chi connectivity index (χ3n) is 5.74. The summed E-state index contributed by atoms with van der Waals surface area (Å²) in [4.78, 5) is 27.9. The molecule has 3 heterocycles. The molecule has 0 saturated heterocycles. The number of likely N-dealkylation sites (N-methyl/N-ethyl adjacent to an activating group) is 1. The lowest BCUT2D eigenvalue weighted by Gasteiger charge is -2.11. The molecule has 0 unspecified atom stereocenters. The SMILES string of the molecule is CNCCNC(=O)c1cc(-c2nccs2)cnc1Nc1nc(-c2ccc(OCCOC)c(F)c2)c(CC(C)C)s1. The summed E-state index contributed by atoms with van der Waals surface area (Å²) in [5, 5.41) is 12.4. The molecule has 4 aromatic rings. The van der Waals surface area contributed by atoms with E-state index in [4.69, 9.17) is 14.5 Å². The molecule has 0 radical (unpaired) electrons. The number of hydrogen-bond acceptors (Lipinski definition) is 10. The first kappa shape index (κ1) is 29.5. The molecule has 0 fully saturated rings. The van der Waals surface area contributed by atoms with E-state index in [1.807, 2.05) is 12.4 Å². The number of nitrogens with one attached hydrogen (secondary N) is 3. The summed E-state index contributed by atoms with van der Waals surface area (Å²) < 4.78 is 25.3. The highest BCUT2D eigenvalue weighted by atomic mass is 32.1. The van der Waals surface area contributed by atoms with Crippen molar-refractivity contribution in [2.75, 3.05) is 45.8 Å². The molecular weight excluding hydrogens is 551 g/mol. The lowest BCUT2D eigenvalue weighted by atomic mass is 10.0. The number of anilines is 2. The maximum Gasteiger partial charge on any atom is 0.255 e. The zero-order chi connectivity index (χ0) is 28.5. The average Bonchev–Trinajstić information content (AvgIpc) is 3.60. The Kier molecular flexibility index (Phi) is 10.5. The third kappa shape index (κ3) is 7.60. The Morgan fingerprint density at radius 3 is 2.67 bits per heavy atom. The Hall–Kier alpha value is -3.45. The lowest BCUT2D eigenvalue weighted by molar-refractivity contribution is 0.0954. The quantitative estimate of drug-likeness (QED) is 0.169. The predicted octanol–water partition coefficient (Wildman–Crippen LogP) is 5.38. The highest BCUT2D eigenvalue weighted by molar-refractivity contribution is 7.16. The number of aromatic nitrogens is 3. The molecule has 0 atom stereocenters. The van der Waals surface area contributed by atoms with Crippen LogP contribution in [0.3, 0.4) is 0 Å². The lowest BCUT2D eigenvalue weighted by Crippen LogP contribution is -2.31. The van der Waals surface area contributed by atoms with Gasteiger partial charge in [0.15, 0.2) is 16.7 Å². The fourth-order valence-corrected chi connectivity index (χ4v) is 5.67. The number of pyridine rings is 1. The van der Waals surface area contributed by atoms with Gasteiger partial charge in [-0.3, -0.25) is 4.79 Å². The van der Waals surface area contributed by atoms with E-state index in [0.717, 1.165) is 21.9 Å². The molecule has 40 heavy (non-hydrogen) atoms. The molecule has 0 aliphatic carbocycles. The minimum Gasteiger partial charge on any atom is -0.488 e. The number of halogens is 1. The van der Waals surface area contributed by atoms with E-state index in [1.165, 1.54) is 28.7 Å². The van der Waals surface area contributed by atoms with Crippen molar-refractivity contribution in [1.29, 1.82) is 0 Å². The first-order valence-corrected chi connectivity index (χ1v) is 14.6. The van der Waals surface area contributed by atoms with Gasteiger partial charge >= 0.3 is 0 Å². The van der Waals surface area contributed by atoms with Gasteiger partial charge in [0, 0.05) is 54.0 Å². The Labute approximate surface area is 241 Å². The number of benzene rings is 1. The molecule has 212 valence electrons. The summed E-state index contributed by atoms with van der Waals surface area (Å²) in [5.41, 5.74) is 2.47. The van der Waals surface area contributed by atoms with Crippen LogP contribution in [0.5, 0.6) is 5.75 Å². The van der Waals surface area contributed by atoms with Crippen LogP contribution in [0.25, 0.3) is 21.8 Å². The molecular formula is C28H33FN6O3S2. The van der Waals surface area contributed by atoms with Gasteiger partial charge < -0.3 is 25.4 Å². The van der Waals surface area contributed by atoms with Gasteiger partial charge in [-0.1, -0.05) is 13.8 Å². The number of nitrogens with zero attached hydrogens (tertiary/aromatic N) is 3. The van der Waals surface area contributed by atoms with Crippen LogP contribution in [-0.4, -0.2) is 61.3 Å². The van der Waals surface area contributed by atoms with E-state index in [1.54, 1.807) is 37.7 Å². The maximum atomic E-state index is 14.9. The van der Waals surface area contributed by atoms with Crippen LogP contribution in [0.1, 0.15) is 29.1 Å². The van der Waals surface area contributed by atoms with Crippen molar-refractivity contribution in [3.8, 4) is 27.6 Å². The second kappa shape index (κ2) is 14.3. The van der Waals surface area contributed by atoms with Crippen LogP contribution < -0.4 is 20.7 Å². The summed E-state index contributed by atoms with van der Waals surface area (Å²) in [6, 6.07) is 6.63. The summed E-state index contributed by atoms with van der Waals surface area (Å²) >= 11 is 2.94. The van der Waals surface area contributed by atoms with Gasteiger partial charge in [0.05, 0.1) is 17.9 Å². The second-order valence-electron chi connectivity index (χ2n) is 9.32. The van der Waals surface area contributed by atoms with Gasteiger partial charge in [0.2, 0.25) is 0 Å². The fourth-order valence-electron chi connectivity index (χ4n) is 3.86. The van der Waals surface area contributed by atoms with Crippen LogP contribution in [-0.2, 0) is 11.2 Å². The van der Waals surface area contributed by atoms with E-state index in [9.17, 15) is 9.18 Å². The summed E-state index contributed by atoms with van der Waals surface area (Å²) in [5.74, 6) is 0.184. The number of rotatable bonds is 14. The van der Waals surface area contributed by atoms with Crippen molar-refractivity contribution < 1.29 is 18.7 Å². The van der Waals surface area contributed by atoms with E-state index < -0.39 is 5.82 Å². The van der Waals surface area contributed by atoms with Gasteiger partial charge in [-0.2, -0.15) is 0 Å². The maximum absolute atomic E-state index is 14.9. The van der Waals surface area contributed by atoms with Crippen LogP contribution >= 0.6 is 22.7 Å². The normalized spacial score (nSPS) is 11.2. The van der Waals surface area contributed by atoms with Crippen LogP contribution in [0.2, 0.25) is 0 Å². The second-order valence-corrected chi connectivity index (χ2v) is 11.3. The number of carbonyl (C=O) groups excluding carboxylic acids is 1. The molecule has 12 heteroatoms. The molecule has 1 amide bonds. The predicted molar refractivity (Wildman–Crippen MR) is 158 cm³/mol. The Bertz CT molecular complexity index is 1410. The van der Waals surface area contributed by atoms with Gasteiger partial charge in [-0.05, 0) is 43.7 Å². The number of methoxy groups -OCH3 is 1. The third-order valence-corrected chi connectivity index (χ3v) is 7.55. The minimum absolute atomic E-state index is 0.165. The molecule has 0 aliphatic rings. The number of amides is 1. The van der Waals surface area contributed by atoms with Crippen molar-refractivity contribution in [2.24, 2.45) is 5.92 Å². The van der Waals surface area contributed by atoms with Crippen molar-refractivity contribution in [3.63, 3.8) is 0 Å².